The molecule has 2 N–H and O–H groups in total. The molecule has 7 nitrogen and oxygen atoms in total. The number of carbonyl (C=O) groups excluding carboxylic acids is 4. The quantitative estimate of drug-likeness (QED) is 0.309. The van der Waals surface area contributed by atoms with Gasteiger partial charge in [0.05, 0.1) is 5.41 Å². The molecule has 9 heteroatoms. The van der Waals surface area contributed by atoms with E-state index in [9.17, 15) is 19.2 Å². The van der Waals surface area contributed by atoms with Gasteiger partial charge in [0.2, 0.25) is 23.6 Å². The molecular formula is C20H25Cl2N3O4. The van der Waals surface area contributed by atoms with Crippen molar-refractivity contribution in [3.05, 3.63) is 35.9 Å². The number of rotatable bonds is 11. The molecule has 0 aliphatic carbocycles. The predicted molar refractivity (Wildman–Crippen MR) is 111 cm³/mol. The average molecular weight is 442 g/mol. The molecule has 158 valence electrons. The van der Waals surface area contributed by atoms with Crippen LogP contribution in [0.4, 0.5) is 0 Å². The van der Waals surface area contributed by atoms with E-state index in [0.29, 0.717) is 32.4 Å². The number of hydrogen-bond acceptors (Lipinski definition) is 4. The second-order valence-electron chi connectivity index (χ2n) is 6.90. The Hall–Kier alpha value is -2.12. The lowest BCUT2D eigenvalue weighted by atomic mass is 9.75. The second-order valence-corrected chi connectivity index (χ2v) is 7.43. The van der Waals surface area contributed by atoms with E-state index < -0.39 is 5.41 Å². The van der Waals surface area contributed by atoms with E-state index in [4.69, 9.17) is 23.2 Å². The third-order valence-electron chi connectivity index (χ3n) is 4.96. The smallest absolute Gasteiger partial charge is 0.240 e. The summed E-state index contributed by atoms with van der Waals surface area (Å²) in [6, 6.07) is 9.25. The minimum Gasteiger partial charge on any atom is -0.355 e. The summed E-state index contributed by atoms with van der Waals surface area (Å²) >= 11 is 10.9. The molecule has 0 bridgehead atoms. The van der Waals surface area contributed by atoms with Crippen LogP contribution in [0, 0.1) is 0 Å². The zero-order valence-corrected chi connectivity index (χ0v) is 17.6. The Morgan fingerprint density at radius 1 is 0.966 bits per heavy atom. The van der Waals surface area contributed by atoms with E-state index >= 15 is 0 Å². The number of carbonyl (C=O) groups is 4. The van der Waals surface area contributed by atoms with Gasteiger partial charge in [-0.1, -0.05) is 30.3 Å². The van der Waals surface area contributed by atoms with Crippen molar-refractivity contribution in [3.63, 3.8) is 0 Å². The first kappa shape index (κ1) is 23.2. The molecule has 1 fully saturated rings. The van der Waals surface area contributed by atoms with Gasteiger partial charge in [-0.05, 0) is 24.8 Å². The maximum absolute atomic E-state index is 13.3. The van der Waals surface area contributed by atoms with Crippen LogP contribution >= 0.6 is 23.2 Å². The van der Waals surface area contributed by atoms with Gasteiger partial charge in [0.1, 0.15) is 11.8 Å². The molecule has 1 aromatic rings. The highest BCUT2D eigenvalue weighted by Gasteiger charge is 2.51. The monoisotopic (exact) mass is 441 g/mol. The van der Waals surface area contributed by atoms with E-state index in [1.54, 1.807) is 0 Å². The van der Waals surface area contributed by atoms with Crippen LogP contribution in [0.1, 0.15) is 31.2 Å². The molecule has 1 unspecified atom stereocenters. The average Bonchev–Trinajstić information content (AvgIpc) is 2.99. The van der Waals surface area contributed by atoms with Gasteiger partial charge >= 0.3 is 0 Å². The van der Waals surface area contributed by atoms with E-state index in [1.807, 2.05) is 30.3 Å². The topological polar surface area (TPSA) is 95.6 Å². The summed E-state index contributed by atoms with van der Waals surface area (Å²) in [5, 5.41) is 5.31. The van der Waals surface area contributed by atoms with Crippen LogP contribution in [0.3, 0.4) is 0 Å². The number of halogens is 2. The first-order valence-corrected chi connectivity index (χ1v) is 10.6. The van der Waals surface area contributed by atoms with E-state index in [2.05, 4.69) is 10.6 Å². The Morgan fingerprint density at radius 2 is 1.55 bits per heavy atom. The normalized spacial score (nSPS) is 18.8. The number of hydrogen-bond donors (Lipinski definition) is 2. The van der Waals surface area contributed by atoms with Crippen LogP contribution < -0.4 is 10.6 Å². The molecule has 2 rings (SSSR count). The fourth-order valence-corrected chi connectivity index (χ4v) is 3.72. The molecule has 0 saturated carbocycles. The summed E-state index contributed by atoms with van der Waals surface area (Å²) < 4.78 is 0. The van der Waals surface area contributed by atoms with Gasteiger partial charge in [0, 0.05) is 26.1 Å². The molecule has 1 aromatic carbocycles. The number of likely N-dealkylation sites (tertiary alicyclic amines) is 1. The molecule has 0 aromatic heterocycles. The number of alkyl halides is 2. The summed E-state index contributed by atoms with van der Waals surface area (Å²) in [6.07, 6.45) is 1.52. The van der Waals surface area contributed by atoms with E-state index in [-0.39, 0.29) is 48.4 Å². The fourth-order valence-electron chi connectivity index (χ4n) is 3.53. The third kappa shape index (κ3) is 5.93. The lowest BCUT2D eigenvalue weighted by Gasteiger charge is -2.27. The van der Waals surface area contributed by atoms with Gasteiger partial charge in [-0.25, -0.2) is 0 Å². The maximum Gasteiger partial charge on any atom is 0.240 e. The number of amides is 4. The highest BCUT2D eigenvalue weighted by atomic mass is 35.5. The van der Waals surface area contributed by atoms with Crippen molar-refractivity contribution in [2.75, 3.05) is 31.4 Å². The Kier molecular flexibility index (Phi) is 8.92. The molecular weight excluding hydrogens is 417 g/mol. The highest BCUT2D eigenvalue weighted by molar-refractivity contribution is 6.27. The van der Waals surface area contributed by atoms with Crippen molar-refractivity contribution < 1.29 is 19.2 Å². The van der Waals surface area contributed by atoms with Crippen molar-refractivity contribution in [2.24, 2.45) is 0 Å². The summed E-state index contributed by atoms with van der Waals surface area (Å²) in [6.45, 7) is 0.954. The number of nitrogens with zero attached hydrogens (tertiary/aromatic N) is 1. The van der Waals surface area contributed by atoms with Gasteiger partial charge in [0.15, 0.2) is 0 Å². The molecule has 1 saturated heterocycles. The zero-order valence-electron chi connectivity index (χ0n) is 16.1. The molecule has 1 aliphatic rings. The van der Waals surface area contributed by atoms with Crippen LogP contribution in [-0.4, -0.2) is 59.9 Å². The zero-order chi connectivity index (χ0) is 21.3. The minimum atomic E-state index is -0.941. The van der Waals surface area contributed by atoms with Gasteiger partial charge in [-0.3, -0.25) is 24.1 Å². The molecule has 1 atom stereocenters. The van der Waals surface area contributed by atoms with Crippen LogP contribution in [0.25, 0.3) is 0 Å². The summed E-state index contributed by atoms with van der Waals surface area (Å²) in [5.74, 6) is -1.26. The number of imide groups is 1. The van der Waals surface area contributed by atoms with Gasteiger partial charge < -0.3 is 10.6 Å². The van der Waals surface area contributed by atoms with E-state index in [1.165, 1.54) is 4.90 Å². The van der Waals surface area contributed by atoms with Gasteiger partial charge in [-0.2, -0.15) is 0 Å². The minimum absolute atomic E-state index is 0.0906. The highest BCUT2D eigenvalue weighted by Crippen LogP contribution is 2.40. The largest absolute Gasteiger partial charge is 0.355 e. The Balaban J connectivity index is 2.08. The second kappa shape index (κ2) is 11.2. The molecule has 0 spiro atoms. The summed E-state index contributed by atoms with van der Waals surface area (Å²) in [4.78, 5) is 49.8. The molecule has 0 radical (unpaired) electrons. The van der Waals surface area contributed by atoms with Crippen LogP contribution in [0.15, 0.2) is 30.3 Å². The Labute approximate surface area is 180 Å². The standard InChI is InChI=1S/C20H25Cl2N3O4/c21-13-16(26)23-9-4-8-20(15-6-2-1-3-7-15)12-18(28)25(19(20)29)11-5-10-24-17(27)14-22/h1-3,6-7H,4-5,8-14H2,(H,23,26)(H,24,27). The predicted octanol–water partition coefficient (Wildman–Crippen LogP) is 1.56. The number of nitrogens with one attached hydrogen (secondary N) is 2. The summed E-state index contributed by atoms with van der Waals surface area (Å²) in [7, 11) is 0. The van der Waals surface area contributed by atoms with E-state index in [0.717, 1.165) is 5.56 Å². The van der Waals surface area contributed by atoms with Crippen molar-refractivity contribution in [2.45, 2.75) is 31.1 Å². The van der Waals surface area contributed by atoms with Crippen molar-refractivity contribution >= 4 is 46.8 Å². The first-order valence-electron chi connectivity index (χ1n) is 9.50. The molecule has 4 amide bonds. The van der Waals surface area contributed by atoms with Crippen molar-refractivity contribution in [3.8, 4) is 0 Å². The SMILES string of the molecule is O=C(CCl)NCCCN1C(=O)CC(CCCNC(=O)CCl)(c2ccccc2)C1=O. The summed E-state index contributed by atoms with van der Waals surface area (Å²) in [5.41, 5.74) is -0.149. The fraction of sp³-hybridized carbons (Fsp3) is 0.500. The molecule has 29 heavy (non-hydrogen) atoms. The number of benzene rings is 1. The van der Waals surface area contributed by atoms with Crippen LogP contribution in [0.5, 0.6) is 0 Å². The van der Waals surface area contributed by atoms with Gasteiger partial charge in [0.25, 0.3) is 0 Å². The lowest BCUT2D eigenvalue weighted by molar-refractivity contribution is -0.140. The van der Waals surface area contributed by atoms with Crippen LogP contribution in [-0.2, 0) is 24.6 Å². The Morgan fingerprint density at radius 3 is 2.14 bits per heavy atom. The molecule has 1 aliphatic heterocycles. The van der Waals surface area contributed by atoms with Crippen LogP contribution in [0.2, 0.25) is 0 Å². The Bertz CT molecular complexity index is 745. The lowest BCUT2D eigenvalue weighted by Crippen LogP contribution is -2.40. The molecule has 1 heterocycles. The first-order chi connectivity index (χ1) is 13.9. The van der Waals surface area contributed by atoms with Crippen molar-refractivity contribution in [1.29, 1.82) is 0 Å². The third-order valence-corrected chi connectivity index (χ3v) is 5.45. The van der Waals surface area contributed by atoms with Gasteiger partial charge in [-0.15, -0.1) is 23.2 Å². The maximum atomic E-state index is 13.3. The van der Waals surface area contributed by atoms with Crippen molar-refractivity contribution in [1.82, 2.24) is 15.5 Å².